The minimum Gasteiger partial charge on any atom is -0.261 e. The number of rotatable bonds is 2. The lowest BCUT2D eigenvalue weighted by Gasteiger charge is -2.27. The van der Waals surface area contributed by atoms with Crippen LogP contribution in [-0.4, -0.2) is 5.71 Å². The third-order valence-electron chi connectivity index (χ3n) is 4.23. The molecule has 1 heteroatoms. The Morgan fingerprint density at radius 2 is 2.11 bits per heavy atom. The van der Waals surface area contributed by atoms with Crippen molar-refractivity contribution in [3.63, 3.8) is 0 Å². The van der Waals surface area contributed by atoms with E-state index in [9.17, 15) is 0 Å². The second-order valence-electron chi connectivity index (χ2n) is 5.62. The molecule has 1 aliphatic heterocycles. The maximum Gasteiger partial charge on any atom is 0.0441 e. The first kappa shape index (κ1) is 12.4. The molecule has 0 bridgehead atoms. The summed E-state index contributed by atoms with van der Waals surface area (Å²) in [6, 6.07) is 0. The Labute approximate surface area is 115 Å². The van der Waals surface area contributed by atoms with Crippen molar-refractivity contribution in [2.75, 3.05) is 0 Å². The van der Waals surface area contributed by atoms with Gasteiger partial charge in [-0.15, -0.1) is 0 Å². The van der Waals surface area contributed by atoms with Crippen LogP contribution < -0.4 is 0 Å². The Hall–Kier alpha value is -1.63. The first-order valence-electron chi connectivity index (χ1n) is 7.30. The summed E-state index contributed by atoms with van der Waals surface area (Å²) in [5, 5.41) is 0. The summed E-state index contributed by atoms with van der Waals surface area (Å²) in [7, 11) is 0. The second kappa shape index (κ2) is 5.56. The number of hydrogen-bond acceptors (Lipinski definition) is 1. The van der Waals surface area contributed by atoms with Crippen LogP contribution in [0.2, 0.25) is 0 Å². The van der Waals surface area contributed by atoms with Crippen LogP contribution in [0.25, 0.3) is 0 Å². The number of aliphatic imine (C=N–C) groups is 1. The van der Waals surface area contributed by atoms with Crippen LogP contribution in [0.3, 0.4) is 0 Å². The normalized spacial score (nSPS) is 29.8. The van der Waals surface area contributed by atoms with Crippen LogP contribution in [-0.2, 0) is 0 Å². The van der Waals surface area contributed by atoms with Gasteiger partial charge < -0.3 is 0 Å². The number of hydrogen-bond donors (Lipinski definition) is 0. The van der Waals surface area contributed by atoms with Crippen molar-refractivity contribution in [2.45, 2.75) is 32.6 Å². The molecule has 98 valence electrons. The minimum absolute atomic E-state index is 0.561. The molecule has 0 saturated carbocycles. The van der Waals surface area contributed by atoms with Crippen LogP contribution in [0.1, 0.15) is 32.6 Å². The SMILES string of the molecule is CC1CC(C2=CC=CCC2)=NC=C1C1C=CC=CC1. The quantitative estimate of drug-likeness (QED) is 0.671. The summed E-state index contributed by atoms with van der Waals surface area (Å²) in [4.78, 5) is 4.75. The maximum atomic E-state index is 4.75. The van der Waals surface area contributed by atoms with Gasteiger partial charge in [0.25, 0.3) is 0 Å². The van der Waals surface area contributed by atoms with Gasteiger partial charge in [0, 0.05) is 17.8 Å². The van der Waals surface area contributed by atoms with Crippen molar-refractivity contribution in [3.05, 3.63) is 59.9 Å². The summed E-state index contributed by atoms with van der Waals surface area (Å²) in [5.41, 5.74) is 4.23. The van der Waals surface area contributed by atoms with E-state index in [1.165, 1.54) is 16.9 Å². The van der Waals surface area contributed by atoms with Gasteiger partial charge in [0.05, 0.1) is 0 Å². The van der Waals surface area contributed by atoms with Gasteiger partial charge in [-0.3, -0.25) is 4.99 Å². The van der Waals surface area contributed by atoms with E-state index < -0.39 is 0 Å². The summed E-state index contributed by atoms with van der Waals surface area (Å²) in [6.07, 6.45) is 22.2. The minimum atomic E-state index is 0.561. The monoisotopic (exact) mass is 251 g/mol. The van der Waals surface area contributed by atoms with Crippen LogP contribution in [0.15, 0.2) is 64.9 Å². The molecule has 2 aliphatic carbocycles. The van der Waals surface area contributed by atoms with Crippen LogP contribution >= 0.6 is 0 Å². The standard InChI is InChI=1S/C18H21N/c1-14-12-18(16-10-6-3-7-11-16)19-13-17(14)15-8-4-2-5-9-15/h2-6,8,10,13-15H,7,9,11-12H2,1H3. The Morgan fingerprint density at radius 3 is 2.79 bits per heavy atom. The fraction of sp³-hybridized carbons (Fsp3) is 0.389. The van der Waals surface area contributed by atoms with Gasteiger partial charge in [-0.25, -0.2) is 0 Å². The molecule has 0 radical (unpaired) electrons. The molecule has 0 amide bonds. The average molecular weight is 251 g/mol. The van der Waals surface area contributed by atoms with Gasteiger partial charge in [0.15, 0.2) is 0 Å². The molecule has 2 unspecified atom stereocenters. The molecule has 0 aromatic heterocycles. The highest BCUT2D eigenvalue weighted by atomic mass is 14.7. The molecule has 3 aliphatic rings. The van der Waals surface area contributed by atoms with Gasteiger partial charge in [-0.1, -0.05) is 49.5 Å². The predicted molar refractivity (Wildman–Crippen MR) is 82.1 cm³/mol. The second-order valence-corrected chi connectivity index (χ2v) is 5.62. The average Bonchev–Trinajstić information content (AvgIpc) is 2.49. The zero-order chi connectivity index (χ0) is 13.1. The smallest absolute Gasteiger partial charge is 0.0441 e. The zero-order valence-electron chi connectivity index (χ0n) is 11.5. The Kier molecular flexibility index (Phi) is 3.63. The molecule has 0 fully saturated rings. The first-order valence-corrected chi connectivity index (χ1v) is 7.30. The van der Waals surface area contributed by atoms with E-state index >= 15 is 0 Å². The molecule has 3 rings (SSSR count). The first-order chi connectivity index (χ1) is 9.34. The van der Waals surface area contributed by atoms with Gasteiger partial charge in [0.2, 0.25) is 0 Å². The van der Waals surface area contributed by atoms with E-state index in [1.54, 1.807) is 0 Å². The van der Waals surface area contributed by atoms with E-state index in [0.29, 0.717) is 11.8 Å². The van der Waals surface area contributed by atoms with Crippen molar-refractivity contribution < 1.29 is 0 Å². The van der Waals surface area contributed by atoms with Crippen molar-refractivity contribution in [3.8, 4) is 0 Å². The lowest BCUT2D eigenvalue weighted by Crippen LogP contribution is -2.19. The molecule has 0 spiro atoms. The summed E-state index contributed by atoms with van der Waals surface area (Å²) >= 11 is 0. The Bertz CT molecular complexity index is 526. The van der Waals surface area contributed by atoms with E-state index in [-0.39, 0.29) is 0 Å². The molecule has 1 nitrogen and oxygen atoms in total. The summed E-state index contributed by atoms with van der Waals surface area (Å²) in [6.45, 7) is 2.34. The fourth-order valence-electron chi connectivity index (χ4n) is 3.09. The van der Waals surface area contributed by atoms with E-state index in [0.717, 1.165) is 25.7 Å². The molecule has 1 heterocycles. The fourth-order valence-corrected chi connectivity index (χ4v) is 3.09. The molecule has 0 N–H and O–H groups in total. The maximum absolute atomic E-state index is 4.75. The third kappa shape index (κ3) is 2.70. The zero-order valence-corrected chi connectivity index (χ0v) is 11.5. The van der Waals surface area contributed by atoms with E-state index in [4.69, 9.17) is 4.99 Å². The van der Waals surface area contributed by atoms with Gasteiger partial charge in [-0.05, 0) is 42.7 Å². The number of nitrogens with zero attached hydrogens (tertiary/aromatic N) is 1. The molecular weight excluding hydrogens is 230 g/mol. The van der Waals surface area contributed by atoms with Gasteiger partial charge in [0.1, 0.15) is 0 Å². The van der Waals surface area contributed by atoms with E-state index in [2.05, 4.69) is 55.7 Å². The lowest BCUT2D eigenvalue weighted by molar-refractivity contribution is 0.594. The predicted octanol–water partition coefficient (Wildman–Crippen LogP) is 4.76. The third-order valence-corrected chi connectivity index (χ3v) is 4.23. The molecule has 0 aromatic rings. The highest BCUT2D eigenvalue weighted by Gasteiger charge is 2.23. The Balaban J connectivity index is 1.81. The highest BCUT2D eigenvalue weighted by molar-refractivity contribution is 6.01. The van der Waals surface area contributed by atoms with E-state index in [1.807, 2.05) is 0 Å². The van der Waals surface area contributed by atoms with Crippen molar-refractivity contribution in [1.82, 2.24) is 0 Å². The van der Waals surface area contributed by atoms with Crippen molar-refractivity contribution in [2.24, 2.45) is 16.8 Å². The van der Waals surface area contributed by atoms with Crippen LogP contribution in [0.5, 0.6) is 0 Å². The van der Waals surface area contributed by atoms with Crippen LogP contribution in [0, 0.1) is 11.8 Å². The largest absolute Gasteiger partial charge is 0.261 e. The Morgan fingerprint density at radius 1 is 1.16 bits per heavy atom. The van der Waals surface area contributed by atoms with Gasteiger partial charge in [-0.2, -0.15) is 0 Å². The summed E-state index contributed by atoms with van der Waals surface area (Å²) in [5.74, 6) is 1.17. The molecular formula is C18H21N. The topological polar surface area (TPSA) is 12.4 Å². The summed E-state index contributed by atoms with van der Waals surface area (Å²) < 4.78 is 0. The van der Waals surface area contributed by atoms with Gasteiger partial charge >= 0.3 is 0 Å². The van der Waals surface area contributed by atoms with Crippen molar-refractivity contribution in [1.29, 1.82) is 0 Å². The van der Waals surface area contributed by atoms with Crippen LogP contribution in [0.4, 0.5) is 0 Å². The molecule has 0 saturated heterocycles. The molecule has 2 atom stereocenters. The number of allylic oxidation sites excluding steroid dienone is 9. The van der Waals surface area contributed by atoms with Crippen molar-refractivity contribution >= 4 is 5.71 Å². The lowest BCUT2D eigenvalue weighted by atomic mass is 9.80. The molecule has 19 heavy (non-hydrogen) atoms. The molecule has 0 aromatic carbocycles. The highest BCUT2D eigenvalue weighted by Crippen LogP contribution is 2.33.